The molecule has 4 N–H and O–H groups in total. The summed E-state index contributed by atoms with van der Waals surface area (Å²) in [5, 5.41) is 0. The van der Waals surface area contributed by atoms with E-state index in [0.29, 0.717) is 6.54 Å². The highest BCUT2D eigenvalue weighted by Crippen LogP contribution is 2.25. The molecule has 0 heterocycles. The lowest BCUT2D eigenvalue weighted by molar-refractivity contribution is -0.0438. The normalized spacial score (nSPS) is 13.6. The lowest BCUT2D eigenvalue weighted by atomic mass is 9.80. The zero-order valence-electron chi connectivity index (χ0n) is 23.3. The van der Waals surface area contributed by atoms with Crippen LogP contribution in [0.1, 0.15) is 108 Å². The predicted molar refractivity (Wildman–Crippen MR) is 156 cm³/mol. The summed E-state index contributed by atoms with van der Waals surface area (Å²) < 4.78 is 6.56. The topological polar surface area (TPSA) is 61.3 Å². The molecule has 2 atom stereocenters. The average molecular weight is 495 g/mol. The van der Waals surface area contributed by atoms with Crippen molar-refractivity contribution < 1.29 is 4.74 Å². The Morgan fingerprint density at radius 3 is 1.50 bits per heavy atom. The van der Waals surface area contributed by atoms with Crippen molar-refractivity contribution in [3.63, 3.8) is 0 Å². The largest absolute Gasteiger partial charge is 0.372 e. The third kappa shape index (κ3) is 12.5. The Morgan fingerprint density at radius 1 is 0.667 bits per heavy atom. The van der Waals surface area contributed by atoms with Gasteiger partial charge in [-0.2, -0.15) is 0 Å². The van der Waals surface area contributed by atoms with Crippen LogP contribution in [-0.4, -0.2) is 24.3 Å². The van der Waals surface area contributed by atoms with E-state index in [9.17, 15) is 0 Å². The van der Waals surface area contributed by atoms with Crippen LogP contribution >= 0.6 is 0 Å². The van der Waals surface area contributed by atoms with Gasteiger partial charge in [-0.15, -0.1) is 0 Å². The Hall–Kier alpha value is -1.68. The second kappa shape index (κ2) is 18.5. The minimum absolute atomic E-state index is 0.163. The third-order valence-corrected chi connectivity index (χ3v) is 7.47. The summed E-state index contributed by atoms with van der Waals surface area (Å²) in [4.78, 5) is 0. The summed E-state index contributed by atoms with van der Waals surface area (Å²) >= 11 is 0. The molecule has 0 bridgehead atoms. The molecule has 0 radical (unpaired) electrons. The zero-order valence-corrected chi connectivity index (χ0v) is 23.3. The van der Waals surface area contributed by atoms with E-state index in [-0.39, 0.29) is 12.2 Å². The fourth-order valence-corrected chi connectivity index (χ4v) is 5.29. The van der Waals surface area contributed by atoms with E-state index in [1.54, 1.807) is 0 Å². The number of ether oxygens (including phenoxy) is 1. The first-order valence-electron chi connectivity index (χ1n) is 14.8. The van der Waals surface area contributed by atoms with Gasteiger partial charge in [-0.05, 0) is 37.3 Å². The highest BCUT2D eigenvalue weighted by molar-refractivity contribution is 5.24. The number of hydrogen-bond donors (Lipinski definition) is 2. The van der Waals surface area contributed by atoms with Gasteiger partial charge in [-0.25, -0.2) is 0 Å². The molecule has 0 aliphatic carbocycles. The Morgan fingerprint density at radius 2 is 1.08 bits per heavy atom. The maximum absolute atomic E-state index is 7.13. The maximum atomic E-state index is 7.13. The SMILES string of the molecule is CCCCCCCCCCCCCCC(C)OC(CN)C(N)(Cc1ccccc1)Cc1ccccc1. The Labute approximate surface area is 222 Å². The Kier molecular flexibility index (Phi) is 15.7. The maximum Gasteiger partial charge on any atom is 0.0886 e. The Balaban J connectivity index is 1.75. The van der Waals surface area contributed by atoms with E-state index >= 15 is 0 Å². The predicted octanol–water partition coefficient (Wildman–Crippen LogP) is 7.99. The highest BCUT2D eigenvalue weighted by Gasteiger charge is 2.36. The van der Waals surface area contributed by atoms with Crippen molar-refractivity contribution in [1.82, 2.24) is 0 Å². The summed E-state index contributed by atoms with van der Waals surface area (Å²) in [5.74, 6) is 0. The standard InChI is InChI=1S/C33H54N2O/c1-3-4-5-6-7-8-9-10-11-12-13-16-21-29(2)36-32(28-34)33(35,26-30-22-17-14-18-23-30)27-31-24-19-15-20-25-31/h14-15,17-20,22-25,29,32H,3-13,16,21,26-28,34-35H2,1-2H3. The molecule has 202 valence electrons. The van der Waals surface area contributed by atoms with E-state index in [1.165, 1.54) is 88.2 Å². The molecule has 0 amide bonds. The molecule has 0 aromatic heterocycles. The fraction of sp³-hybridized carbons (Fsp3) is 0.636. The first kappa shape index (κ1) is 30.5. The zero-order chi connectivity index (χ0) is 25.9. The number of rotatable bonds is 21. The van der Waals surface area contributed by atoms with Crippen molar-refractivity contribution >= 4 is 0 Å². The van der Waals surface area contributed by atoms with Crippen LogP contribution in [0.2, 0.25) is 0 Å². The fourth-order valence-electron chi connectivity index (χ4n) is 5.29. The van der Waals surface area contributed by atoms with Crippen LogP contribution in [0, 0.1) is 0 Å². The van der Waals surface area contributed by atoms with Crippen LogP contribution in [-0.2, 0) is 17.6 Å². The number of hydrogen-bond acceptors (Lipinski definition) is 3. The van der Waals surface area contributed by atoms with Gasteiger partial charge in [0.2, 0.25) is 0 Å². The van der Waals surface area contributed by atoms with E-state index in [2.05, 4.69) is 62.4 Å². The third-order valence-electron chi connectivity index (χ3n) is 7.47. The molecule has 2 aromatic rings. The van der Waals surface area contributed by atoms with Gasteiger partial charge in [-0.3, -0.25) is 0 Å². The van der Waals surface area contributed by atoms with Gasteiger partial charge in [0.1, 0.15) is 0 Å². The molecule has 2 unspecified atom stereocenters. The molecular weight excluding hydrogens is 440 g/mol. The number of unbranched alkanes of at least 4 members (excludes halogenated alkanes) is 11. The van der Waals surface area contributed by atoms with Crippen molar-refractivity contribution in [3.05, 3.63) is 71.8 Å². The average Bonchev–Trinajstić information content (AvgIpc) is 2.89. The van der Waals surface area contributed by atoms with E-state index in [1.807, 2.05) is 12.1 Å². The highest BCUT2D eigenvalue weighted by atomic mass is 16.5. The molecule has 0 saturated heterocycles. The lowest BCUT2D eigenvalue weighted by Crippen LogP contribution is -2.59. The van der Waals surface area contributed by atoms with Gasteiger partial charge >= 0.3 is 0 Å². The second-order valence-corrected chi connectivity index (χ2v) is 10.9. The molecule has 0 fully saturated rings. The summed E-state index contributed by atoms with van der Waals surface area (Å²) in [6, 6.07) is 21.0. The molecule has 3 heteroatoms. The van der Waals surface area contributed by atoms with Gasteiger partial charge in [-0.1, -0.05) is 145 Å². The number of benzene rings is 2. The van der Waals surface area contributed by atoms with Gasteiger partial charge in [0.05, 0.1) is 17.7 Å². The van der Waals surface area contributed by atoms with Gasteiger partial charge < -0.3 is 16.2 Å². The summed E-state index contributed by atoms with van der Waals surface area (Å²) in [6.45, 7) is 4.90. The molecule has 2 aromatic carbocycles. The summed E-state index contributed by atoms with van der Waals surface area (Å²) in [7, 11) is 0. The van der Waals surface area contributed by atoms with E-state index in [0.717, 1.165) is 19.3 Å². The minimum Gasteiger partial charge on any atom is -0.372 e. The molecule has 0 aliphatic heterocycles. The summed E-state index contributed by atoms with van der Waals surface area (Å²) in [5.41, 5.74) is 15.3. The first-order valence-corrected chi connectivity index (χ1v) is 14.8. The van der Waals surface area contributed by atoms with Crippen LogP contribution in [0.15, 0.2) is 60.7 Å². The monoisotopic (exact) mass is 494 g/mol. The smallest absolute Gasteiger partial charge is 0.0886 e. The van der Waals surface area contributed by atoms with Crippen LogP contribution in [0.3, 0.4) is 0 Å². The first-order chi connectivity index (χ1) is 17.6. The van der Waals surface area contributed by atoms with Crippen molar-refractivity contribution in [2.24, 2.45) is 11.5 Å². The van der Waals surface area contributed by atoms with Crippen LogP contribution in [0.5, 0.6) is 0 Å². The van der Waals surface area contributed by atoms with Crippen LogP contribution in [0.25, 0.3) is 0 Å². The quantitative estimate of drug-likeness (QED) is 0.173. The molecule has 0 saturated carbocycles. The van der Waals surface area contributed by atoms with Crippen molar-refractivity contribution in [1.29, 1.82) is 0 Å². The lowest BCUT2D eigenvalue weighted by Gasteiger charge is -2.39. The summed E-state index contributed by atoms with van der Waals surface area (Å²) in [6.07, 6.45) is 19.0. The van der Waals surface area contributed by atoms with Crippen molar-refractivity contribution in [2.45, 2.75) is 128 Å². The molecule has 0 aliphatic rings. The van der Waals surface area contributed by atoms with Crippen LogP contribution in [0.4, 0.5) is 0 Å². The molecule has 3 nitrogen and oxygen atoms in total. The number of nitrogens with two attached hydrogens (primary N) is 2. The molecular formula is C33H54N2O. The van der Waals surface area contributed by atoms with Crippen molar-refractivity contribution in [3.8, 4) is 0 Å². The van der Waals surface area contributed by atoms with Gasteiger partial charge in [0.15, 0.2) is 0 Å². The second-order valence-electron chi connectivity index (χ2n) is 10.9. The molecule has 0 spiro atoms. The van der Waals surface area contributed by atoms with E-state index < -0.39 is 5.54 Å². The molecule has 2 rings (SSSR count). The van der Waals surface area contributed by atoms with Gasteiger partial charge in [0, 0.05) is 6.54 Å². The van der Waals surface area contributed by atoms with Gasteiger partial charge in [0.25, 0.3) is 0 Å². The Bertz CT molecular complexity index is 722. The van der Waals surface area contributed by atoms with Crippen LogP contribution < -0.4 is 11.5 Å². The van der Waals surface area contributed by atoms with E-state index in [4.69, 9.17) is 16.2 Å². The molecule has 36 heavy (non-hydrogen) atoms. The minimum atomic E-state index is -0.553. The van der Waals surface area contributed by atoms with Crippen molar-refractivity contribution in [2.75, 3.05) is 6.54 Å².